The Hall–Kier alpha value is -4.25. The van der Waals surface area contributed by atoms with Crippen LogP contribution >= 0.6 is 0 Å². The lowest BCUT2D eigenvalue weighted by Gasteiger charge is -2.18. The van der Waals surface area contributed by atoms with Gasteiger partial charge in [-0.1, -0.05) is 54.1 Å². The summed E-state index contributed by atoms with van der Waals surface area (Å²) in [7, 11) is 0. The van der Waals surface area contributed by atoms with Gasteiger partial charge in [-0.05, 0) is 66.4 Å². The predicted octanol–water partition coefficient (Wildman–Crippen LogP) is 5.44. The van der Waals surface area contributed by atoms with E-state index in [1.807, 2.05) is 96.8 Å². The van der Waals surface area contributed by atoms with Crippen molar-refractivity contribution in [2.45, 2.75) is 19.8 Å². The minimum absolute atomic E-state index is 0.0292. The SMILES string of the molecule is Cc1ccc(-c2ccccc2)c(C(=O)Nc2ccc3c(c2)CCN3C(=O)Cc2ccccn2)c1. The second kappa shape index (κ2) is 9.32. The van der Waals surface area contributed by atoms with E-state index in [2.05, 4.69) is 10.3 Å². The van der Waals surface area contributed by atoms with E-state index in [1.165, 1.54) is 0 Å². The van der Waals surface area contributed by atoms with Gasteiger partial charge in [-0.2, -0.15) is 0 Å². The molecule has 0 saturated heterocycles. The number of aromatic nitrogens is 1. The Kier molecular flexibility index (Phi) is 5.91. The molecule has 0 fully saturated rings. The molecule has 2 amide bonds. The summed E-state index contributed by atoms with van der Waals surface area (Å²) >= 11 is 0. The number of carbonyl (C=O) groups is 2. The van der Waals surface area contributed by atoms with Crippen LogP contribution in [-0.4, -0.2) is 23.3 Å². The first kappa shape index (κ1) is 21.6. The first-order chi connectivity index (χ1) is 16.6. The standard InChI is InChI=1S/C29H25N3O2/c1-20-10-12-25(21-7-3-2-4-8-21)26(17-20)29(34)31-24-11-13-27-22(18-24)14-16-32(27)28(33)19-23-9-5-6-15-30-23/h2-13,15,17-18H,14,16,19H2,1H3,(H,31,34). The van der Waals surface area contributed by atoms with E-state index < -0.39 is 0 Å². The first-order valence-corrected chi connectivity index (χ1v) is 11.4. The number of hydrogen-bond donors (Lipinski definition) is 1. The molecular formula is C29H25N3O2. The van der Waals surface area contributed by atoms with Crippen LogP contribution in [0.15, 0.2) is 91.1 Å². The Morgan fingerprint density at radius 2 is 1.76 bits per heavy atom. The lowest BCUT2D eigenvalue weighted by atomic mass is 9.97. The molecular weight excluding hydrogens is 422 g/mol. The monoisotopic (exact) mass is 447 g/mol. The molecule has 1 aromatic heterocycles. The zero-order chi connectivity index (χ0) is 23.5. The largest absolute Gasteiger partial charge is 0.322 e. The molecule has 0 atom stereocenters. The lowest BCUT2D eigenvalue weighted by Crippen LogP contribution is -2.30. The Labute approximate surface area is 199 Å². The fourth-order valence-corrected chi connectivity index (χ4v) is 4.41. The van der Waals surface area contributed by atoms with E-state index in [9.17, 15) is 9.59 Å². The maximum absolute atomic E-state index is 13.3. The van der Waals surface area contributed by atoms with Gasteiger partial charge in [0, 0.05) is 35.4 Å². The average molecular weight is 448 g/mol. The van der Waals surface area contributed by atoms with Gasteiger partial charge in [-0.15, -0.1) is 0 Å². The van der Waals surface area contributed by atoms with Gasteiger partial charge in [-0.25, -0.2) is 0 Å². The number of hydrogen-bond acceptors (Lipinski definition) is 3. The van der Waals surface area contributed by atoms with E-state index in [1.54, 1.807) is 6.20 Å². The molecule has 168 valence electrons. The number of amides is 2. The van der Waals surface area contributed by atoms with Crippen LogP contribution in [0.2, 0.25) is 0 Å². The summed E-state index contributed by atoms with van der Waals surface area (Å²) in [5.74, 6) is -0.120. The van der Waals surface area contributed by atoms with Gasteiger partial charge < -0.3 is 10.2 Å². The van der Waals surface area contributed by atoms with Crippen molar-refractivity contribution in [2.24, 2.45) is 0 Å². The summed E-state index contributed by atoms with van der Waals surface area (Å²) in [5.41, 5.74) is 7.01. The Balaban J connectivity index is 1.35. The highest BCUT2D eigenvalue weighted by atomic mass is 16.2. The summed E-state index contributed by atoms with van der Waals surface area (Å²) in [6.45, 7) is 2.62. The summed E-state index contributed by atoms with van der Waals surface area (Å²) in [4.78, 5) is 32.2. The van der Waals surface area contributed by atoms with Crippen LogP contribution in [0, 0.1) is 6.92 Å². The summed E-state index contributed by atoms with van der Waals surface area (Å²) in [5, 5.41) is 3.06. The highest BCUT2D eigenvalue weighted by molar-refractivity contribution is 6.09. The summed E-state index contributed by atoms with van der Waals surface area (Å²) in [6, 6.07) is 27.2. The Morgan fingerprint density at radius 3 is 2.56 bits per heavy atom. The minimum atomic E-state index is -0.149. The second-order valence-electron chi connectivity index (χ2n) is 8.51. The molecule has 2 heterocycles. The number of pyridine rings is 1. The third kappa shape index (κ3) is 4.46. The van der Waals surface area contributed by atoms with E-state index in [4.69, 9.17) is 0 Å². The highest BCUT2D eigenvalue weighted by Crippen LogP contribution is 2.32. The molecule has 0 radical (unpaired) electrons. The number of fused-ring (bicyclic) bond motifs is 1. The molecule has 0 unspecified atom stereocenters. The first-order valence-electron chi connectivity index (χ1n) is 11.4. The molecule has 0 bridgehead atoms. The minimum Gasteiger partial charge on any atom is -0.322 e. The average Bonchev–Trinajstić information content (AvgIpc) is 3.28. The van der Waals surface area contributed by atoms with Gasteiger partial charge in [0.05, 0.1) is 6.42 Å². The molecule has 5 nitrogen and oxygen atoms in total. The number of carbonyl (C=O) groups excluding carboxylic acids is 2. The summed E-state index contributed by atoms with van der Waals surface area (Å²) < 4.78 is 0. The van der Waals surface area contributed by atoms with E-state index in [0.717, 1.165) is 45.7 Å². The second-order valence-corrected chi connectivity index (χ2v) is 8.51. The fourth-order valence-electron chi connectivity index (χ4n) is 4.41. The van der Waals surface area contributed by atoms with E-state index in [-0.39, 0.29) is 18.2 Å². The highest BCUT2D eigenvalue weighted by Gasteiger charge is 2.25. The van der Waals surface area contributed by atoms with Crippen molar-refractivity contribution in [3.63, 3.8) is 0 Å². The number of anilines is 2. The third-order valence-corrected chi connectivity index (χ3v) is 6.10. The molecule has 34 heavy (non-hydrogen) atoms. The molecule has 0 spiro atoms. The third-order valence-electron chi connectivity index (χ3n) is 6.10. The van der Waals surface area contributed by atoms with Gasteiger partial charge in [0.15, 0.2) is 0 Å². The van der Waals surface area contributed by atoms with Crippen molar-refractivity contribution in [3.05, 3.63) is 114 Å². The van der Waals surface area contributed by atoms with Gasteiger partial charge >= 0.3 is 0 Å². The van der Waals surface area contributed by atoms with Crippen LogP contribution in [0.5, 0.6) is 0 Å². The normalized spacial score (nSPS) is 12.3. The fraction of sp³-hybridized carbons (Fsp3) is 0.138. The maximum Gasteiger partial charge on any atom is 0.256 e. The van der Waals surface area contributed by atoms with E-state index >= 15 is 0 Å². The molecule has 0 aliphatic carbocycles. The molecule has 0 saturated carbocycles. The zero-order valence-electron chi connectivity index (χ0n) is 19.0. The quantitative estimate of drug-likeness (QED) is 0.443. The molecule has 1 N–H and O–H groups in total. The maximum atomic E-state index is 13.3. The zero-order valence-corrected chi connectivity index (χ0v) is 19.0. The lowest BCUT2D eigenvalue weighted by molar-refractivity contribution is -0.117. The van der Waals surface area contributed by atoms with Crippen LogP contribution < -0.4 is 10.2 Å². The summed E-state index contributed by atoms with van der Waals surface area (Å²) in [6.07, 6.45) is 2.73. The van der Waals surface area contributed by atoms with Crippen LogP contribution in [0.4, 0.5) is 11.4 Å². The smallest absolute Gasteiger partial charge is 0.256 e. The van der Waals surface area contributed by atoms with Gasteiger partial charge in [-0.3, -0.25) is 14.6 Å². The molecule has 4 aromatic rings. The van der Waals surface area contributed by atoms with Crippen molar-refractivity contribution >= 4 is 23.2 Å². The van der Waals surface area contributed by atoms with Crippen LogP contribution in [-0.2, 0) is 17.6 Å². The number of nitrogens with one attached hydrogen (secondary N) is 1. The van der Waals surface area contributed by atoms with Gasteiger partial charge in [0.25, 0.3) is 5.91 Å². The Morgan fingerprint density at radius 1 is 0.941 bits per heavy atom. The number of nitrogens with zero attached hydrogens (tertiary/aromatic N) is 2. The predicted molar refractivity (Wildman–Crippen MR) is 135 cm³/mol. The van der Waals surface area contributed by atoms with Crippen molar-refractivity contribution in [3.8, 4) is 11.1 Å². The number of aryl methyl sites for hydroxylation is 1. The van der Waals surface area contributed by atoms with Crippen molar-refractivity contribution in [2.75, 3.05) is 16.8 Å². The van der Waals surface area contributed by atoms with Gasteiger partial charge in [0.2, 0.25) is 5.91 Å². The van der Waals surface area contributed by atoms with Crippen LogP contribution in [0.25, 0.3) is 11.1 Å². The molecule has 1 aliphatic rings. The van der Waals surface area contributed by atoms with Crippen molar-refractivity contribution in [1.82, 2.24) is 4.98 Å². The number of rotatable bonds is 5. The molecule has 1 aliphatic heterocycles. The topological polar surface area (TPSA) is 62.3 Å². The van der Waals surface area contributed by atoms with Crippen molar-refractivity contribution < 1.29 is 9.59 Å². The van der Waals surface area contributed by atoms with Crippen LogP contribution in [0.1, 0.15) is 27.2 Å². The van der Waals surface area contributed by atoms with Crippen LogP contribution in [0.3, 0.4) is 0 Å². The van der Waals surface area contributed by atoms with Crippen molar-refractivity contribution in [1.29, 1.82) is 0 Å². The molecule has 3 aromatic carbocycles. The van der Waals surface area contributed by atoms with Gasteiger partial charge in [0.1, 0.15) is 0 Å². The molecule has 5 rings (SSSR count). The Bertz CT molecular complexity index is 1350. The molecule has 5 heteroatoms. The van der Waals surface area contributed by atoms with E-state index in [0.29, 0.717) is 12.1 Å². The number of benzene rings is 3.